The number of hydrogen-bond donors (Lipinski definition) is 0. The molecule has 0 saturated heterocycles. The fraction of sp³-hybridized carbons (Fsp3) is 0.636. The molecule has 0 bridgehead atoms. The highest BCUT2D eigenvalue weighted by Gasteiger charge is 2.87. The van der Waals surface area contributed by atoms with Gasteiger partial charge in [0, 0.05) is 27.2 Å². The van der Waals surface area contributed by atoms with Gasteiger partial charge in [-0.25, -0.2) is 26.4 Å². The molecule has 0 fully saturated rings. The molecule has 0 amide bonds. The number of likely N-dealkylation sites (N-methyl/N-ethyl adjacent to an activating group) is 2. The van der Waals surface area contributed by atoms with Gasteiger partial charge in [-0.05, 0) is 18.2 Å². The van der Waals surface area contributed by atoms with Crippen molar-refractivity contribution in [1.29, 1.82) is 0 Å². The first-order valence-electron chi connectivity index (χ1n) is 12.6. The number of sulfonamides is 2. The molecule has 0 aromatic heterocycles. The van der Waals surface area contributed by atoms with Gasteiger partial charge in [0.1, 0.15) is 13.2 Å². The van der Waals surface area contributed by atoms with E-state index in [0.29, 0.717) is 6.07 Å². The fourth-order valence-corrected chi connectivity index (χ4v) is 5.47. The predicted molar refractivity (Wildman–Crippen MR) is 132 cm³/mol. The van der Waals surface area contributed by atoms with Gasteiger partial charge < -0.3 is 9.47 Å². The predicted octanol–water partition coefficient (Wildman–Crippen LogP) is 5.37. The van der Waals surface area contributed by atoms with Crippen molar-refractivity contribution >= 4 is 32.0 Å². The molecule has 0 saturated carbocycles. The lowest BCUT2D eigenvalue weighted by Crippen LogP contribution is -2.65. The highest BCUT2D eigenvalue weighted by atomic mass is 32.2. The molecule has 0 unspecified atom stereocenters. The lowest BCUT2D eigenvalue weighted by Gasteiger charge is -2.34. The number of ether oxygens (including phenoxy) is 2. The molecule has 10 nitrogen and oxygen atoms in total. The molecule has 0 aliphatic rings. The number of halogens is 18. The van der Waals surface area contributed by atoms with Crippen molar-refractivity contribution in [2.75, 3.05) is 40.4 Å². The fourth-order valence-electron chi connectivity index (χ4n) is 3.15. The van der Waals surface area contributed by atoms with E-state index in [2.05, 4.69) is 9.47 Å². The summed E-state index contributed by atoms with van der Waals surface area (Å²) in [5.41, 5.74) is -1.48. The van der Waals surface area contributed by atoms with Gasteiger partial charge >= 0.3 is 58.5 Å². The molecule has 0 atom stereocenters. The van der Waals surface area contributed by atoms with Gasteiger partial charge in [0.05, 0.1) is 11.1 Å². The van der Waals surface area contributed by atoms with Gasteiger partial charge in [-0.1, -0.05) is 6.07 Å². The molecule has 0 N–H and O–H groups in total. The Balaban J connectivity index is 2.97. The maximum atomic E-state index is 13.9. The number of alkyl halides is 18. The Morgan fingerprint density at radius 1 is 0.538 bits per heavy atom. The SMILES string of the molecule is CN(CCOC(=O)c1cccc(C(=O)OCCN(C)S(=O)(=O)C(F)(F)C(F)(F)C(F)(F)C(F)(F)F)c1)S(=O)(=O)C(F)(F)C(F)(F)C(F)(F)C(F)(F)F. The van der Waals surface area contributed by atoms with Crippen LogP contribution in [-0.4, -0.2) is 124 Å². The Bertz CT molecular complexity index is 1580. The van der Waals surface area contributed by atoms with Crippen LogP contribution in [0.2, 0.25) is 0 Å². The zero-order valence-electron chi connectivity index (χ0n) is 24.9. The molecule has 0 spiro atoms. The molecule has 0 aliphatic heterocycles. The van der Waals surface area contributed by atoms with E-state index in [9.17, 15) is 105 Å². The van der Waals surface area contributed by atoms with Crippen LogP contribution in [0.15, 0.2) is 24.3 Å². The zero-order valence-corrected chi connectivity index (χ0v) is 26.6. The number of benzene rings is 1. The average molecular weight is 844 g/mol. The maximum Gasteiger partial charge on any atom is 0.460 e. The van der Waals surface area contributed by atoms with E-state index in [1.165, 1.54) is 0 Å². The Kier molecular flexibility index (Phi) is 13.0. The number of hydrogen-bond acceptors (Lipinski definition) is 8. The van der Waals surface area contributed by atoms with Crippen molar-refractivity contribution in [2.45, 2.75) is 46.6 Å². The molecular weight excluding hydrogens is 826 g/mol. The smallest absolute Gasteiger partial charge is 0.460 e. The zero-order chi connectivity index (χ0) is 41.5. The Labute approximate surface area is 278 Å². The molecule has 0 radical (unpaired) electrons. The summed E-state index contributed by atoms with van der Waals surface area (Å²) < 4.78 is 290. The minimum absolute atomic E-state index is 0.0112. The van der Waals surface area contributed by atoms with Crippen molar-refractivity contribution in [2.24, 2.45) is 0 Å². The van der Waals surface area contributed by atoms with Gasteiger partial charge in [0.2, 0.25) is 0 Å². The summed E-state index contributed by atoms with van der Waals surface area (Å²) in [6.07, 6.45) is -14.7. The molecule has 1 rings (SSSR count). The van der Waals surface area contributed by atoms with Gasteiger partial charge in [0.25, 0.3) is 20.0 Å². The van der Waals surface area contributed by atoms with Crippen LogP contribution in [0, 0.1) is 0 Å². The van der Waals surface area contributed by atoms with E-state index in [-0.39, 0.29) is 14.1 Å². The number of esters is 2. The Morgan fingerprint density at radius 3 is 1.06 bits per heavy atom. The molecular formula is C22H18F18N2O8S2. The summed E-state index contributed by atoms with van der Waals surface area (Å²) >= 11 is 0. The third kappa shape index (κ3) is 7.97. The Morgan fingerprint density at radius 2 is 0.808 bits per heavy atom. The summed E-state index contributed by atoms with van der Waals surface area (Å²) in [6, 6.07) is 2.92. The third-order valence-electron chi connectivity index (χ3n) is 6.31. The largest absolute Gasteiger partial charge is 0.461 e. The lowest BCUT2D eigenvalue weighted by atomic mass is 10.1. The number of carbonyl (C=O) groups excluding carboxylic acids is 2. The minimum atomic E-state index is -7.56. The van der Waals surface area contributed by atoms with Crippen LogP contribution >= 0.6 is 0 Å². The summed E-state index contributed by atoms with van der Waals surface area (Å²) in [5.74, 6) is -33.5. The van der Waals surface area contributed by atoms with E-state index >= 15 is 0 Å². The molecule has 1 aromatic rings. The highest BCUT2D eigenvalue weighted by molar-refractivity contribution is 7.90. The van der Waals surface area contributed by atoms with E-state index < -0.39 is 125 Å². The van der Waals surface area contributed by atoms with Crippen molar-refractivity contribution in [3.05, 3.63) is 35.4 Å². The number of nitrogens with zero attached hydrogens (tertiary/aromatic N) is 2. The third-order valence-corrected chi connectivity index (χ3v) is 10.1. The molecule has 0 aliphatic carbocycles. The monoisotopic (exact) mass is 844 g/mol. The second-order valence-electron chi connectivity index (χ2n) is 9.83. The standard InChI is InChI=1S/C22H18F18N2O8S2/c1-41(51(45,46)21(37,38)17(27,28)15(23,24)19(31,32)33)6-8-49-13(43)11-4-3-5-12(10-11)14(44)50-9-7-42(2)52(47,48)22(39,40)18(29,30)16(25,26)20(34,35)36/h3-5,10H,6-9H2,1-2H3. The molecule has 0 heterocycles. The average Bonchev–Trinajstić information content (AvgIpc) is 2.98. The van der Waals surface area contributed by atoms with Crippen molar-refractivity contribution < 1.29 is 115 Å². The van der Waals surface area contributed by atoms with E-state index in [0.717, 1.165) is 18.2 Å². The maximum absolute atomic E-state index is 13.9. The van der Waals surface area contributed by atoms with Gasteiger partial charge in [-0.3, -0.25) is 0 Å². The first-order valence-corrected chi connectivity index (χ1v) is 15.5. The van der Waals surface area contributed by atoms with Crippen LogP contribution in [0.25, 0.3) is 0 Å². The number of carbonyl (C=O) groups is 2. The molecule has 1 aromatic carbocycles. The molecule has 30 heteroatoms. The van der Waals surface area contributed by atoms with Crippen LogP contribution in [-0.2, 0) is 29.5 Å². The number of rotatable bonds is 16. The van der Waals surface area contributed by atoms with Gasteiger partial charge in [0.15, 0.2) is 0 Å². The topological polar surface area (TPSA) is 127 Å². The summed E-state index contributed by atoms with van der Waals surface area (Å²) in [5, 5.41) is -14.2. The second kappa shape index (κ2) is 14.5. The van der Waals surface area contributed by atoms with Crippen LogP contribution in [0.5, 0.6) is 0 Å². The van der Waals surface area contributed by atoms with Crippen molar-refractivity contribution in [3.8, 4) is 0 Å². The lowest BCUT2D eigenvalue weighted by molar-refractivity contribution is -0.382. The molecule has 52 heavy (non-hydrogen) atoms. The quantitative estimate of drug-likeness (QED) is 0.161. The summed E-state index contributed by atoms with van der Waals surface area (Å²) in [7, 11) is -14.1. The first kappa shape index (κ1) is 46.7. The normalized spacial score (nSPS) is 14.9. The minimum Gasteiger partial charge on any atom is -0.461 e. The van der Waals surface area contributed by atoms with E-state index in [1.807, 2.05) is 0 Å². The van der Waals surface area contributed by atoms with Crippen LogP contribution < -0.4 is 0 Å². The van der Waals surface area contributed by atoms with Crippen molar-refractivity contribution in [3.63, 3.8) is 0 Å². The molecule has 302 valence electrons. The van der Waals surface area contributed by atoms with Gasteiger partial charge in [-0.2, -0.15) is 87.6 Å². The summed E-state index contributed by atoms with van der Waals surface area (Å²) in [4.78, 5) is 24.4. The van der Waals surface area contributed by atoms with Crippen LogP contribution in [0.3, 0.4) is 0 Å². The Hall–Kier alpha value is -3.28. The van der Waals surface area contributed by atoms with Gasteiger partial charge in [-0.15, -0.1) is 0 Å². The van der Waals surface area contributed by atoms with E-state index in [4.69, 9.17) is 0 Å². The highest BCUT2D eigenvalue weighted by Crippen LogP contribution is 2.56. The first-order chi connectivity index (χ1) is 22.8. The summed E-state index contributed by atoms with van der Waals surface area (Å²) in [6.45, 7) is -5.98. The van der Waals surface area contributed by atoms with Crippen molar-refractivity contribution in [1.82, 2.24) is 8.61 Å². The van der Waals surface area contributed by atoms with Crippen LogP contribution in [0.1, 0.15) is 20.7 Å². The van der Waals surface area contributed by atoms with Crippen LogP contribution in [0.4, 0.5) is 79.0 Å². The van der Waals surface area contributed by atoms with E-state index in [1.54, 1.807) is 0 Å². The second-order valence-corrected chi connectivity index (χ2v) is 14.0.